The molecule has 1 saturated carbocycles. The standard InChI is InChI=1S/C14H22N6/c15-14-18-12(17-10-3-4-10)6-13(19-14)20-7-9-2-1-5-16-11(9)8-20/h6,9-11,16H,1-5,7-8H2,(H3,15,17,18,19)/t9-,11+/m1/s1. The van der Waals surface area contributed by atoms with Gasteiger partial charge in [-0.2, -0.15) is 9.97 Å². The molecule has 1 aromatic heterocycles. The summed E-state index contributed by atoms with van der Waals surface area (Å²) in [4.78, 5) is 11.1. The van der Waals surface area contributed by atoms with E-state index in [0.717, 1.165) is 37.2 Å². The number of nitrogen functional groups attached to an aromatic ring is 1. The van der Waals surface area contributed by atoms with Crippen LogP contribution in [0.1, 0.15) is 25.7 Å². The summed E-state index contributed by atoms with van der Waals surface area (Å²) in [6.45, 7) is 3.26. The highest BCUT2D eigenvalue weighted by Gasteiger charge is 2.35. The Hall–Kier alpha value is -1.56. The Kier molecular flexibility index (Phi) is 2.91. The Balaban J connectivity index is 1.53. The minimum absolute atomic E-state index is 0.369. The second-order valence-corrected chi connectivity index (χ2v) is 6.26. The molecule has 3 fully saturated rings. The third-order valence-corrected chi connectivity index (χ3v) is 4.58. The van der Waals surface area contributed by atoms with E-state index in [0.29, 0.717) is 18.0 Å². The summed E-state index contributed by atoms with van der Waals surface area (Å²) < 4.78 is 0. The molecule has 4 N–H and O–H groups in total. The monoisotopic (exact) mass is 274 g/mol. The number of hydrogen-bond acceptors (Lipinski definition) is 6. The molecule has 0 aromatic carbocycles. The molecule has 6 nitrogen and oxygen atoms in total. The molecule has 1 aromatic rings. The molecule has 0 bridgehead atoms. The van der Waals surface area contributed by atoms with E-state index in [1.54, 1.807) is 0 Å². The van der Waals surface area contributed by atoms with Crippen LogP contribution in [0.4, 0.5) is 17.6 Å². The van der Waals surface area contributed by atoms with Gasteiger partial charge in [0.2, 0.25) is 5.95 Å². The molecule has 0 radical (unpaired) electrons. The second-order valence-electron chi connectivity index (χ2n) is 6.26. The van der Waals surface area contributed by atoms with E-state index >= 15 is 0 Å². The van der Waals surface area contributed by atoms with Gasteiger partial charge in [-0.25, -0.2) is 0 Å². The third-order valence-electron chi connectivity index (χ3n) is 4.58. The number of nitrogens with zero attached hydrogens (tertiary/aromatic N) is 3. The van der Waals surface area contributed by atoms with Crippen molar-refractivity contribution in [1.29, 1.82) is 0 Å². The van der Waals surface area contributed by atoms with Gasteiger partial charge in [0.05, 0.1) is 0 Å². The highest BCUT2D eigenvalue weighted by atomic mass is 15.3. The molecule has 20 heavy (non-hydrogen) atoms. The van der Waals surface area contributed by atoms with Gasteiger partial charge in [-0.05, 0) is 38.1 Å². The lowest BCUT2D eigenvalue weighted by molar-refractivity contribution is 0.340. The maximum Gasteiger partial charge on any atom is 0.223 e. The van der Waals surface area contributed by atoms with Crippen molar-refractivity contribution in [3.8, 4) is 0 Å². The van der Waals surface area contributed by atoms with Crippen LogP contribution >= 0.6 is 0 Å². The lowest BCUT2D eigenvalue weighted by Gasteiger charge is -2.24. The minimum Gasteiger partial charge on any atom is -0.368 e. The zero-order valence-electron chi connectivity index (χ0n) is 11.7. The van der Waals surface area contributed by atoms with Gasteiger partial charge in [0.15, 0.2) is 0 Å². The first kappa shape index (κ1) is 12.2. The molecular formula is C14H22N6. The molecule has 3 aliphatic rings. The molecule has 108 valence electrons. The van der Waals surface area contributed by atoms with Crippen molar-refractivity contribution in [2.45, 2.75) is 37.8 Å². The van der Waals surface area contributed by atoms with Crippen molar-refractivity contribution in [3.05, 3.63) is 6.07 Å². The lowest BCUT2D eigenvalue weighted by Crippen LogP contribution is -2.40. The molecule has 1 aliphatic carbocycles. The predicted molar refractivity (Wildman–Crippen MR) is 79.8 cm³/mol. The first-order chi connectivity index (χ1) is 9.78. The maximum absolute atomic E-state index is 5.87. The number of rotatable bonds is 3. The van der Waals surface area contributed by atoms with Crippen LogP contribution < -0.4 is 21.3 Å². The molecule has 2 aliphatic heterocycles. The average molecular weight is 274 g/mol. The number of aromatic nitrogens is 2. The lowest BCUT2D eigenvalue weighted by atomic mass is 9.94. The summed E-state index contributed by atoms with van der Waals surface area (Å²) in [6, 6.07) is 3.24. The second kappa shape index (κ2) is 4.77. The molecular weight excluding hydrogens is 252 g/mol. The van der Waals surface area contributed by atoms with Gasteiger partial charge >= 0.3 is 0 Å². The summed E-state index contributed by atoms with van der Waals surface area (Å²) in [5.41, 5.74) is 5.87. The first-order valence-electron chi connectivity index (χ1n) is 7.67. The predicted octanol–water partition coefficient (Wildman–Crippen LogP) is 0.821. The number of fused-ring (bicyclic) bond motifs is 1. The van der Waals surface area contributed by atoms with E-state index in [4.69, 9.17) is 5.73 Å². The SMILES string of the molecule is Nc1nc(NC2CC2)cc(N2C[C@H]3CCCN[C@H]3C2)n1. The van der Waals surface area contributed by atoms with Crippen LogP contribution in [0, 0.1) is 5.92 Å². The van der Waals surface area contributed by atoms with E-state index in [1.165, 1.54) is 25.7 Å². The molecule has 3 heterocycles. The molecule has 0 unspecified atom stereocenters. The van der Waals surface area contributed by atoms with Crippen molar-refractivity contribution in [3.63, 3.8) is 0 Å². The van der Waals surface area contributed by atoms with Crippen molar-refractivity contribution in [1.82, 2.24) is 15.3 Å². The first-order valence-corrected chi connectivity index (χ1v) is 7.67. The van der Waals surface area contributed by atoms with Gasteiger partial charge in [-0.3, -0.25) is 0 Å². The molecule has 6 heteroatoms. The van der Waals surface area contributed by atoms with Crippen molar-refractivity contribution < 1.29 is 0 Å². The van der Waals surface area contributed by atoms with Gasteiger partial charge in [0.25, 0.3) is 0 Å². The zero-order valence-corrected chi connectivity index (χ0v) is 11.7. The third kappa shape index (κ3) is 2.40. The summed E-state index contributed by atoms with van der Waals surface area (Å²) in [6.07, 6.45) is 5.07. The molecule has 2 atom stereocenters. The van der Waals surface area contributed by atoms with Crippen molar-refractivity contribution in [2.24, 2.45) is 5.92 Å². The van der Waals surface area contributed by atoms with Crippen molar-refractivity contribution in [2.75, 3.05) is 35.6 Å². The van der Waals surface area contributed by atoms with E-state index in [-0.39, 0.29) is 0 Å². The smallest absolute Gasteiger partial charge is 0.223 e. The highest BCUT2D eigenvalue weighted by molar-refractivity contribution is 5.54. The minimum atomic E-state index is 0.369. The van der Waals surface area contributed by atoms with Crippen molar-refractivity contribution >= 4 is 17.6 Å². The quantitative estimate of drug-likeness (QED) is 0.757. The van der Waals surface area contributed by atoms with E-state index in [9.17, 15) is 0 Å². The number of hydrogen-bond donors (Lipinski definition) is 3. The van der Waals surface area contributed by atoms with Crippen LogP contribution in [-0.4, -0.2) is 41.7 Å². The Morgan fingerprint density at radius 1 is 1.25 bits per heavy atom. The largest absolute Gasteiger partial charge is 0.368 e. The van der Waals surface area contributed by atoms with Gasteiger partial charge < -0.3 is 21.3 Å². The number of anilines is 3. The van der Waals surface area contributed by atoms with E-state index in [2.05, 4.69) is 25.5 Å². The summed E-state index contributed by atoms with van der Waals surface area (Å²) in [5.74, 6) is 2.96. The average Bonchev–Trinajstić information content (AvgIpc) is 3.13. The van der Waals surface area contributed by atoms with Crippen LogP contribution in [0.25, 0.3) is 0 Å². The Morgan fingerprint density at radius 2 is 2.15 bits per heavy atom. The van der Waals surface area contributed by atoms with Crippen LogP contribution in [0.15, 0.2) is 6.07 Å². The normalized spacial score (nSPS) is 29.3. The Bertz CT molecular complexity index is 486. The molecule has 4 rings (SSSR count). The molecule has 0 amide bonds. The number of nitrogens with one attached hydrogen (secondary N) is 2. The Morgan fingerprint density at radius 3 is 2.95 bits per heavy atom. The Labute approximate surface area is 119 Å². The number of piperidine rings is 1. The van der Waals surface area contributed by atoms with Gasteiger partial charge in [-0.15, -0.1) is 0 Å². The molecule has 0 spiro atoms. The highest BCUT2D eigenvalue weighted by Crippen LogP contribution is 2.30. The van der Waals surface area contributed by atoms with Gasteiger partial charge in [0.1, 0.15) is 11.6 Å². The summed E-state index contributed by atoms with van der Waals surface area (Å²) in [7, 11) is 0. The van der Waals surface area contributed by atoms with Gasteiger partial charge in [0, 0.05) is 31.2 Å². The van der Waals surface area contributed by atoms with Crippen LogP contribution in [0.5, 0.6) is 0 Å². The van der Waals surface area contributed by atoms with Crippen LogP contribution in [-0.2, 0) is 0 Å². The summed E-state index contributed by atoms with van der Waals surface area (Å²) in [5, 5.41) is 7.03. The van der Waals surface area contributed by atoms with E-state index < -0.39 is 0 Å². The topological polar surface area (TPSA) is 79.1 Å². The van der Waals surface area contributed by atoms with Crippen LogP contribution in [0.3, 0.4) is 0 Å². The van der Waals surface area contributed by atoms with Crippen LogP contribution in [0.2, 0.25) is 0 Å². The fourth-order valence-corrected chi connectivity index (χ4v) is 3.36. The maximum atomic E-state index is 5.87. The van der Waals surface area contributed by atoms with E-state index in [1.807, 2.05) is 6.07 Å². The molecule has 2 saturated heterocycles. The fraction of sp³-hybridized carbons (Fsp3) is 0.714. The zero-order chi connectivity index (χ0) is 13.5. The number of nitrogens with two attached hydrogens (primary N) is 1. The van der Waals surface area contributed by atoms with Gasteiger partial charge in [-0.1, -0.05) is 0 Å². The fourth-order valence-electron chi connectivity index (χ4n) is 3.36. The summed E-state index contributed by atoms with van der Waals surface area (Å²) >= 11 is 0.